The van der Waals surface area contributed by atoms with Crippen molar-refractivity contribution in [3.63, 3.8) is 0 Å². The SMILES string of the molecule is CCCCCCCC1(C#N)CCC(OC(=O)c2ccc(-c3ncc(CCCC)cn3)cc2)CC1. The third kappa shape index (κ3) is 7.38. The number of unbranched alkanes of at least 4 members (excludes halogenated alkanes) is 5. The Bertz CT molecular complexity index is 923. The first-order chi connectivity index (χ1) is 16.6. The van der Waals surface area contributed by atoms with Crippen LogP contribution in [-0.2, 0) is 11.2 Å². The number of nitriles is 1. The lowest BCUT2D eigenvalue weighted by molar-refractivity contribution is 0.0105. The zero-order valence-electron chi connectivity index (χ0n) is 20.9. The molecule has 0 unspecified atom stereocenters. The standard InChI is InChI=1S/C29H39N3O2/c1-3-5-7-8-9-17-29(22-30)18-15-26(16-19-29)34-28(33)25-13-11-24(12-14-25)27-31-20-23(21-32-27)10-6-4-2/h11-14,20-21,26H,3-10,15-19H2,1-2H3. The Morgan fingerprint density at radius 3 is 2.26 bits per heavy atom. The summed E-state index contributed by atoms with van der Waals surface area (Å²) in [4.78, 5) is 21.6. The third-order valence-corrected chi connectivity index (χ3v) is 7.06. The van der Waals surface area contributed by atoms with Crippen molar-refractivity contribution < 1.29 is 9.53 Å². The predicted molar refractivity (Wildman–Crippen MR) is 135 cm³/mol. The van der Waals surface area contributed by atoms with E-state index in [1.165, 1.54) is 25.7 Å². The number of ether oxygens (including phenoxy) is 1. The van der Waals surface area contributed by atoms with Crippen LogP contribution < -0.4 is 0 Å². The van der Waals surface area contributed by atoms with Gasteiger partial charge in [0.2, 0.25) is 0 Å². The molecule has 1 heterocycles. The van der Waals surface area contributed by atoms with Crippen molar-refractivity contribution in [3.8, 4) is 17.5 Å². The Morgan fingerprint density at radius 1 is 1.00 bits per heavy atom. The maximum atomic E-state index is 12.7. The summed E-state index contributed by atoms with van der Waals surface area (Å²) in [5, 5.41) is 9.80. The molecular weight excluding hydrogens is 422 g/mol. The number of carbonyl (C=O) groups excluding carboxylic acids is 1. The molecule has 5 heteroatoms. The summed E-state index contributed by atoms with van der Waals surface area (Å²) in [6, 6.07) is 9.91. The molecule has 3 rings (SSSR count). The van der Waals surface area contributed by atoms with Gasteiger partial charge in [0.15, 0.2) is 5.82 Å². The van der Waals surface area contributed by atoms with Crippen LogP contribution >= 0.6 is 0 Å². The quantitative estimate of drug-likeness (QED) is 0.242. The van der Waals surface area contributed by atoms with E-state index < -0.39 is 0 Å². The molecule has 0 atom stereocenters. The fourth-order valence-electron chi connectivity index (χ4n) is 4.74. The monoisotopic (exact) mass is 461 g/mol. The summed E-state index contributed by atoms with van der Waals surface area (Å²) in [5.41, 5.74) is 2.34. The van der Waals surface area contributed by atoms with Crippen molar-refractivity contribution in [1.82, 2.24) is 9.97 Å². The molecule has 0 N–H and O–H groups in total. The molecule has 34 heavy (non-hydrogen) atoms. The molecule has 1 aliphatic carbocycles. The molecule has 0 aliphatic heterocycles. The first-order valence-corrected chi connectivity index (χ1v) is 13.1. The van der Waals surface area contributed by atoms with E-state index in [1.807, 2.05) is 24.5 Å². The second-order valence-corrected chi connectivity index (χ2v) is 9.76. The van der Waals surface area contributed by atoms with Gasteiger partial charge in [-0.25, -0.2) is 14.8 Å². The van der Waals surface area contributed by atoms with Crippen LogP contribution in [0.15, 0.2) is 36.7 Å². The van der Waals surface area contributed by atoms with E-state index in [2.05, 4.69) is 29.9 Å². The van der Waals surface area contributed by atoms with E-state index in [-0.39, 0.29) is 17.5 Å². The zero-order valence-corrected chi connectivity index (χ0v) is 20.9. The molecule has 1 fully saturated rings. The molecule has 5 nitrogen and oxygen atoms in total. The lowest BCUT2D eigenvalue weighted by Gasteiger charge is -2.34. The number of hydrogen-bond donors (Lipinski definition) is 0. The lowest BCUT2D eigenvalue weighted by atomic mass is 9.71. The fourth-order valence-corrected chi connectivity index (χ4v) is 4.74. The Hall–Kier alpha value is -2.74. The van der Waals surface area contributed by atoms with E-state index in [9.17, 15) is 10.1 Å². The summed E-state index contributed by atoms with van der Waals surface area (Å²) in [6.45, 7) is 4.39. The number of benzene rings is 1. The van der Waals surface area contributed by atoms with Gasteiger partial charge in [0.25, 0.3) is 0 Å². The molecule has 0 radical (unpaired) electrons. The molecule has 0 spiro atoms. The number of esters is 1. The van der Waals surface area contributed by atoms with E-state index in [0.717, 1.165) is 68.9 Å². The van der Waals surface area contributed by atoms with Crippen LogP contribution in [0.4, 0.5) is 0 Å². The normalized spacial score (nSPS) is 20.0. The number of nitrogens with zero attached hydrogens (tertiary/aromatic N) is 3. The van der Waals surface area contributed by atoms with Gasteiger partial charge in [-0.2, -0.15) is 5.26 Å². The molecule has 0 bridgehead atoms. The maximum absolute atomic E-state index is 12.7. The maximum Gasteiger partial charge on any atom is 0.338 e. The Balaban J connectivity index is 1.48. The second-order valence-electron chi connectivity index (χ2n) is 9.76. The number of rotatable bonds is 12. The summed E-state index contributed by atoms with van der Waals surface area (Å²) in [7, 11) is 0. The minimum Gasteiger partial charge on any atom is -0.459 e. The van der Waals surface area contributed by atoms with Crippen LogP contribution in [0.25, 0.3) is 11.4 Å². The van der Waals surface area contributed by atoms with Crippen LogP contribution in [0.2, 0.25) is 0 Å². The predicted octanol–water partition coefficient (Wildman–Crippen LogP) is 7.46. The van der Waals surface area contributed by atoms with E-state index in [1.54, 1.807) is 12.1 Å². The third-order valence-electron chi connectivity index (χ3n) is 7.06. The van der Waals surface area contributed by atoms with Crippen LogP contribution in [0.3, 0.4) is 0 Å². The largest absolute Gasteiger partial charge is 0.459 e. The number of aryl methyl sites for hydroxylation is 1. The summed E-state index contributed by atoms with van der Waals surface area (Å²) in [6.07, 6.45) is 17.2. The van der Waals surface area contributed by atoms with E-state index in [4.69, 9.17) is 4.74 Å². The van der Waals surface area contributed by atoms with Gasteiger partial charge in [-0.05, 0) is 62.6 Å². The van der Waals surface area contributed by atoms with Gasteiger partial charge in [0, 0.05) is 18.0 Å². The zero-order chi connectivity index (χ0) is 24.2. The average Bonchev–Trinajstić information content (AvgIpc) is 2.89. The molecule has 2 aromatic rings. The molecular formula is C29H39N3O2. The van der Waals surface area contributed by atoms with Crippen LogP contribution in [0.1, 0.15) is 107 Å². The highest BCUT2D eigenvalue weighted by Crippen LogP contribution is 2.41. The summed E-state index contributed by atoms with van der Waals surface area (Å²) < 4.78 is 5.79. The first kappa shape index (κ1) is 25.9. The van der Waals surface area contributed by atoms with Gasteiger partial charge >= 0.3 is 5.97 Å². The fraction of sp³-hybridized carbons (Fsp3) is 0.586. The second kappa shape index (κ2) is 13.2. The Morgan fingerprint density at radius 2 is 1.65 bits per heavy atom. The highest BCUT2D eigenvalue weighted by Gasteiger charge is 2.36. The molecule has 1 saturated carbocycles. The van der Waals surface area contributed by atoms with Crippen LogP contribution in [-0.4, -0.2) is 22.0 Å². The highest BCUT2D eigenvalue weighted by atomic mass is 16.5. The molecule has 0 saturated heterocycles. The van der Waals surface area contributed by atoms with Gasteiger partial charge in [-0.1, -0.05) is 64.5 Å². The minimum absolute atomic E-state index is 0.104. The average molecular weight is 462 g/mol. The van der Waals surface area contributed by atoms with Crippen molar-refractivity contribution in [3.05, 3.63) is 47.8 Å². The van der Waals surface area contributed by atoms with Gasteiger partial charge in [-0.15, -0.1) is 0 Å². The first-order valence-electron chi connectivity index (χ1n) is 13.1. The highest BCUT2D eigenvalue weighted by molar-refractivity contribution is 5.90. The van der Waals surface area contributed by atoms with Crippen LogP contribution in [0, 0.1) is 16.7 Å². The molecule has 1 aliphatic rings. The van der Waals surface area contributed by atoms with E-state index in [0.29, 0.717) is 11.4 Å². The van der Waals surface area contributed by atoms with Crippen molar-refractivity contribution >= 4 is 5.97 Å². The summed E-state index contributed by atoms with van der Waals surface area (Å²) in [5.74, 6) is 0.367. The molecule has 1 aromatic carbocycles. The molecule has 182 valence electrons. The lowest BCUT2D eigenvalue weighted by Crippen LogP contribution is -2.31. The van der Waals surface area contributed by atoms with Crippen molar-refractivity contribution in [1.29, 1.82) is 5.26 Å². The van der Waals surface area contributed by atoms with Gasteiger partial charge in [0.1, 0.15) is 6.10 Å². The van der Waals surface area contributed by atoms with Crippen LogP contribution in [0.5, 0.6) is 0 Å². The Kier molecular flexibility index (Phi) is 10.1. The molecule has 1 aromatic heterocycles. The van der Waals surface area contributed by atoms with E-state index >= 15 is 0 Å². The minimum atomic E-state index is -0.295. The topological polar surface area (TPSA) is 75.9 Å². The Labute approximate surface area is 205 Å². The number of carbonyl (C=O) groups is 1. The van der Waals surface area contributed by atoms with Crippen molar-refractivity contribution in [2.75, 3.05) is 0 Å². The number of aromatic nitrogens is 2. The molecule has 0 amide bonds. The van der Waals surface area contributed by atoms with Crippen molar-refractivity contribution in [2.45, 2.75) is 103 Å². The van der Waals surface area contributed by atoms with Crippen molar-refractivity contribution in [2.24, 2.45) is 5.41 Å². The van der Waals surface area contributed by atoms with Gasteiger partial charge < -0.3 is 4.74 Å². The summed E-state index contributed by atoms with van der Waals surface area (Å²) >= 11 is 0. The van der Waals surface area contributed by atoms with Gasteiger partial charge in [-0.3, -0.25) is 0 Å². The number of hydrogen-bond acceptors (Lipinski definition) is 5. The van der Waals surface area contributed by atoms with Gasteiger partial charge in [0.05, 0.1) is 17.0 Å². The smallest absolute Gasteiger partial charge is 0.338 e.